The van der Waals surface area contributed by atoms with Crippen molar-refractivity contribution in [2.24, 2.45) is 0 Å². The molecule has 0 heterocycles. The fourth-order valence-electron chi connectivity index (χ4n) is 1.52. The van der Waals surface area contributed by atoms with Crippen LogP contribution in [0.1, 0.15) is 19.4 Å². The Morgan fingerprint density at radius 3 is 2.69 bits per heavy atom. The van der Waals surface area contributed by atoms with Gasteiger partial charge in [-0.2, -0.15) is 0 Å². The van der Waals surface area contributed by atoms with E-state index in [4.69, 9.17) is 11.6 Å². The van der Waals surface area contributed by atoms with Gasteiger partial charge >= 0.3 is 0 Å². The number of hydrogen-bond acceptors (Lipinski definition) is 1. The molecule has 16 heavy (non-hydrogen) atoms. The maximum Gasteiger partial charge on any atom is 0.146 e. The molecule has 0 aromatic heterocycles. The van der Waals surface area contributed by atoms with Gasteiger partial charge in [-0.05, 0) is 19.9 Å². The van der Waals surface area contributed by atoms with Crippen LogP contribution in [0.3, 0.4) is 0 Å². The molecule has 90 valence electrons. The molecule has 0 unspecified atom stereocenters. The largest absolute Gasteiger partial charge is 0.296 e. The summed E-state index contributed by atoms with van der Waals surface area (Å²) < 4.78 is 13.7. The molecule has 0 aliphatic rings. The molecule has 1 aromatic rings. The van der Waals surface area contributed by atoms with Crippen molar-refractivity contribution in [3.05, 3.63) is 34.6 Å². The van der Waals surface area contributed by atoms with E-state index in [1.54, 1.807) is 18.2 Å². The van der Waals surface area contributed by atoms with Crippen molar-refractivity contribution >= 4 is 27.5 Å². The Labute approximate surface area is 110 Å². The zero-order chi connectivity index (χ0) is 12.1. The van der Waals surface area contributed by atoms with E-state index in [0.29, 0.717) is 18.2 Å². The van der Waals surface area contributed by atoms with Gasteiger partial charge in [-0.15, -0.1) is 0 Å². The minimum atomic E-state index is -0.301. The average Bonchev–Trinajstić information content (AvgIpc) is 2.23. The summed E-state index contributed by atoms with van der Waals surface area (Å²) in [6, 6.07) is 5.53. The molecule has 0 saturated carbocycles. The molecule has 0 radical (unpaired) electrons. The minimum Gasteiger partial charge on any atom is -0.296 e. The number of alkyl halides is 1. The molecule has 0 fully saturated rings. The monoisotopic (exact) mass is 307 g/mol. The molecular formula is C12H16BrClFN. The van der Waals surface area contributed by atoms with E-state index in [-0.39, 0.29) is 10.8 Å². The van der Waals surface area contributed by atoms with Crippen LogP contribution in [0.15, 0.2) is 18.2 Å². The molecule has 0 aliphatic carbocycles. The van der Waals surface area contributed by atoms with Gasteiger partial charge in [0.25, 0.3) is 0 Å². The molecular weight excluding hydrogens is 292 g/mol. The van der Waals surface area contributed by atoms with E-state index in [1.807, 2.05) is 0 Å². The molecule has 4 heteroatoms. The normalized spacial score (nSPS) is 11.4. The number of hydrogen-bond donors (Lipinski definition) is 0. The fourth-order valence-corrected chi connectivity index (χ4v) is 2.17. The Hall–Kier alpha value is -0.120. The third-order valence-corrected chi connectivity index (χ3v) is 3.15. The SMILES string of the molecule is CC(C)N(CCBr)Cc1cccc(Cl)c1F. The number of benzene rings is 1. The van der Waals surface area contributed by atoms with E-state index >= 15 is 0 Å². The highest BCUT2D eigenvalue weighted by molar-refractivity contribution is 9.09. The van der Waals surface area contributed by atoms with Gasteiger partial charge in [-0.3, -0.25) is 4.90 Å². The van der Waals surface area contributed by atoms with Crippen LogP contribution < -0.4 is 0 Å². The third kappa shape index (κ3) is 3.72. The lowest BCUT2D eigenvalue weighted by molar-refractivity contribution is 0.224. The molecule has 0 spiro atoms. The van der Waals surface area contributed by atoms with Crippen LogP contribution in [0.5, 0.6) is 0 Å². The minimum absolute atomic E-state index is 0.194. The average molecular weight is 309 g/mol. The van der Waals surface area contributed by atoms with Crippen molar-refractivity contribution in [2.75, 3.05) is 11.9 Å². The summed E-state index contributed by atoms with van der Waals surface area (Å²) in [6.07, 6.45) is 0. The van der Waals surface area contributed by atoms with Crippen LogP contribution in [-0.2, 0) is 6.54 Å². The lowest BCUT2D eigenvalue weighted by Gasteiger charge is -2.25. The van der Waals surface area contributed by atoms with Crippen molar-refractivity contribution in [1.82, 2.24) is 4.90 Å². The molecule has 0 bridgehead atoms. The van der Waals surface area contributed by atoms with Gasteiger partial charge in [0.15, 0.2) is 0 Å². The van der Waals surface area contributed by atoms with Crippen molar-refractivity contribution in [1.29, 1.82) is 0 Å². The van der Waals surface area contributed by atoms with E-state index in [2.05, 4.69) is 34.7 Å². The van der Waals surface area contributed by atoms with Crippen molar-refractivity contribution in [2.45, 2.75) is 26.4 Å². The first kappa shape index (κ1) is 13.9. The molecule has 0 saturated heterocycles. The maximum atomic E-state index is 13.7. The van der Waals surface area contributed by atoms with Gasteiger partial charge in [-0.25, -0.2) is 4.39 Å². The topological polar surface area (TPSA) is 3.24 Å². The second kappa shape index (κ2) is 6.58. The zero-order valence-corrected chi connectivity index (χ0v) is 11.9. The molecule has 0 amide bonds. The molecule has 0 N–H and O–H groups in total. The van der Waals surface area contributed by atoms with Crippen LogP contribution in [0.2, 0.25) is 5.02 Å². The Bertz CT molecular complexity index is 344. The number of nitrogens with zero attached hydrogens (tertiary/aromatic N) is 1. The highest BCUT2D eigenvalue weighted by Gasteiger charge is 2.13. The summed E-state index contributed by atoms with van der Waals surface area (Å²) >= 11 is 9.15. The quantitative estimate of drug-likeness (QED) is 0.741. The van der Waals surface area contributed by atoms with Gasteiger partial charge < -0.3 is 0 Å². The van der Waals surface area contributed by atoms with Gasteiger partial charge in [0.1, 0.15) is 5.82 Å². The summed E-state index contributed by atoms with van der Waals surface area (Å²) in [5.41, 5.74) is 0.655. The Balaban J connectivity index is 2.81. The van der Waals surface area contributed by atoms with Gasteiger partial charge in [0, 0.05) is 30.0 Å². The van der Waals surface area contributed by atoms with Crippen molar-refractivity contribution < 1.29 is 4.39 Å². The standard InChI is InChI=1S/C12H16BrClFN/c1-9(2)16(7-6-13)8-10-4-3-5-11(14)12(10)15/h3-5,9H,6-8H2,1-2H3. The summed E-state index contributed by atoms with van der Waals surface area (Å²) in [5.74, 6) is -0.301. The summed E-state index contributed by atoms with van der Waals surface area (Å²) in [5, 5.41) is 1.08. The highest BCUT2D eigenvalue weighted by atomic mass is 79.9. The van der Waals surface area contributed by atoms with Crippen molar-refractivity contribution in [3.8, 4) is 0 Å². The van der Waals surface area contributed by atoms with Crippen LogP contribution in [0.4, 0.5) is 4.39 Å². The smallest absolute Gasteiger partial charge is 0.146 e. The van der Waals surface area contributed by atoms with Crippen LogP contribution in [0, 0.1) is 5.82 Å². The maximum absolute atomic E-state index is 13.7. The lowest BCUT2D eigenvalue weighted by atomic mass is 10.2. The lowest BCUT2D eigenvalue weighted by Crippen LogP contribution is -2.32. The summed E-state index contributed by atoms with van der Waals surface area (Å²) in [4.78, 5) is 2.20. The molecule has 1 nitrogen and oxygen atoms in total. The zero-order valence-electron chi connectivity index (χ0n) is 9.51. The predicted octanol–water partition coefficient (Wildman–Crippen LogP) is 4.08. The van der Waals surface area contributed by atoms with Crippen LogP contribution in [0.25, 0.3) is 0 Å². The molecule has 0 atom stereocenters. The van der Waals surface area contributed by atoms with Crippen molar-refractivity contribution in [3.63, 3.8) is 0 Å². The predicted molar refractivity (Wildman–Crippen MR) is 70.8 cm³/mol. The van der Waals surface area contributed by atoms with Gasteiger partial charge in [0.05, 0.1) is 5.02 Å². The van der Waals surface area contributed by atoms with Gasteiger partial charge in [0.2, 0.25) is 0 Å². The number of rotatable bonds is 5. The Morgan fingerprint density at radius 1 is 1.44 bits per heavy atom. The Morgan fingerprint density at radius 2 is 2.12 bits per heavy atom. The third-order valence-electron chi connectivity index (χ3n) is 2.51. The van der Waals surface area contributed by atoms with E-state index in [9.17, 15) is 4.39 Å². The van der Waals surface area contributed by atoms with Gasteiger partial charge in [-0.1, -0.05) is 39.7 Å². The number of halogens is 3. The summed E-state index contributed by atoms with van der Waals surface area (Å²) in [7, 11) is 0. The first-order chi connectivity index (χ1) is 7.56. The molecule has 1 aromatic carbocycles. The Kier molecular flexibility index (Phi) is 5.73. The van der Waals surface area contributed by atoms with E-state index in [1.165, 1.54) is 0 Å². The van der Waals surface area contributed by atoms with E-state index in [0.717, 1.165) is 11.9 Å². The first-order valence-electron chi connectivity index (χ1n) is 5.29. The second-order valence-electron chi connectivity index (χ2n) is 3.97. The molecule has 1 rings (SSSR count). The van der Waals surface area contributed by atoms with Crippen LogP contribution in [-0.4, -0.2) is 22.8 Å². The molecule has 0 aliphatic heterocycles. The van der Waals surface area contributed by atoms with Crippen LogP contribution >= 0.6 is 27.5 Å². The second-order valence-corrected chi connectivity index (χ2v) is 5.17. The highest BCUT2D eigenvalue weighted by Crippen LogP contribution is 2.20. The fraction of sp³-hybridized carbons (Fsp3) is 0.500. The van der Waals surface area contributed by atoms with E-state index < -0.39 is 0 Å². The first-order valence-corrected chi connectivity index (χ1v) is 6.79. The summed E-state index contributed by atoms with van der Waals surface area (Å²) in [6.45, 7) is 5.69.